The van der Waals surface area contributed by atoms with Crippen molar-refractivity contribution in [1.29, 1.82) is 0 Å². The Labute approximate surface area is 182 Å². The topological polar surface area (TPSA) is 70.7 Å². The third kappa shape index (κ3) is 6.89. The summed E-state index contributed by atoms with van der Waals surface area (Å²) in [6, 6.07) is 4.84. The van der Waals surface area contributed by atoms with E-state index in [2.05, 4.69) is 20.6 Å². The highest BCUT2D eigenvalue weighted by molar-refractivity contribution is 14.0. The van der Waals surface area contributed by atoms with Gasteiger partial charge >= 0.3 is 0 Å². The monoisotopic (exact) mass is 504 g/mol. The summed E-state index contributed by atoms with van der Waals surface area (Å²) in [5.41, 5.74) is 1.99. The molecule has 1 aliphatic heterocycles. The van der Waals surface area contributed by atoms with Gasteiger partial charge in [0.25, 0.3) is 0 Å². The number of benzene rings is 1. The maximum absolute atomic E-state index is 13.3. The highest BCUT2D eigenvalue weighted by Gasteiger charge is 2.14. The number of nitrogens with one attached hydrogen (secondary N) is 3. The molecular formula is C20H30FIN4O2. The highest BCUT2D eigenvalue weighted by Crippen LogP contribution is 2.19. The molecule has 2 heterocycles. The highest BCUT2D eigenvalue weighted by atomic mass is 127. The van der Waals surface area contributed by atoms with Crippen molar-refractivity contribution in [3.05, 3.63) is 35.8 Å². The Morgan fingerprint density at radius 2 is 2.21 bits per heavy atom. The van der Waals surface area contributed by atoms with E-state index in [0.29, 0.717) is 6.61 Å². The summed E-state index contributed by atoms with van der Waals surface area (Å²) in [6.45, 7) is 3.83. The van der Waals surface area contributed by atoms with Crippen LogP contribution in [0.5, 0.6) is 0 Å². The van der Waals surface area contributed by atoms with Gasteiger partial charge in [0.2, 0.25) is 0 Å². The molecule has 0 bridgehead atoms. The van der Waals surface area contributed by atoms with Crippen molar-refractivity contribution in [3.8, 4) is 0 Å². The lowest BCUT2D eigenvalue weighted by Crippen LogP contribution is -2.39. The van der Waals surface area contributed by atoms with Crippen LogP contribution in [0.15, 0.2) is 29.4 Å². The van der Waals surface area contributed by atoms with E-state index < -0.39 is 0 Å². The first-order chi connectivity index (χ1) is 13.3. The number of hydrogen-bond donors (Lipinski definition) is 3. The molecule has 0 aliphatic carbocycles. The summed E-state index contributed by atoms with van der Waals surface area (Å²) in [4.78, 5) is 7.36. The number of H-pyrrole nitrogens is 1. The molecular weight excluding hydrogens is 474 g/mol. The molecule has 0 spiro atoms. The van der Waals surface area contributed by atoms with Crippen molar-refractivity contribution in [2.24, 2.45) is 4.99 Å². The molecule has 156 valence electrons. The van der Waals surface area contributed by atoms with Gasteiger partial charge in [-0.2, -0.15) is 0 Å². The molecule has 1 saturated heterocycles. The Kier molecular flexibility index (Phi) is 10.0. The van der Waals surface area contributed by atoms with Crippen molar-refractivity contribution in [3.63, 3.8) is 0 Å². The van der Waals surface area contributed by atoms with E-state index in [1.54, 1.807) is 7.05 Å². The molecule has 1 aromatic heterocycles. The fourth-order valence-electron chi connectivity index (χ4n) is 3.27. The van der Waals surface area contributed by atoms with Gasteiger partial charge in [-0.05, 0) is 49.4 Å². The molecule has 3 rings (SSSR count). The number of nitrogens with zero attached hydrogens (tertiary/aromatic N) is 1. The Balaban J connectivity index is 0.00000280. The zero-order chi connectivity index (χ0) is 18.9. The van der Waals surface area contributed by atoms with Gasteiger partial charge in [-0.25, -0.2) is 4.39 Å². The summed E-state index contributed by atoms with van der Waals surface area (Å²) in [7, 11) is 1.76. The minimum absolute atomic E-state index is 0. The van der Waals surface area contributed by atoms with Gasteiger partial charge in [0.15, 0.2) is 5.96 Å². The summed E-state index contributed by atoms with van der Waals surface area (Å²) in [5, 5.41) is 7.66. The van der Waals surface area contributed by atoms with E-state index in [4.69, 9.17) is 9.47 Å². The fraction of sp³-hybridized carbons (Fsp3) is 0.550. The SMILES string of the molecule is CN=C(NCCCOCC1CCCO1)NCCc1c[nH]c2cc(F)ccc12.I. The van der Waals surface area contributed by atoms with Crippen LogP contribution >= 0.6 is 24.0 Å². The predicted molar refractivity (Wildman–Crippen MR) is 121 cm³/mol. The first kappa shape index (κ1) is 22.9. The van der Waals surface area contributed by atoms with Crippen LogP contribution in [0.3, 0.4) is 0 Å². The van der Waals surface area contributed by atoms with Crippen LogP contribution in [-0.2, 0) is 15.9 Å². The molecule has 0 radical (unpaired) electrons. The Morgan fingerprint density at radius 1 is 1.36 bits per heavy atom. The average Bonchev–Trinajstić information content (AvgIpc) is 3.32. The van der Waals surface area contributed by atoms with Gasteiger partial charge in [-0.3, -0.25) is 4.99 Å². The van der Waals surface area contributed by atoms with E-state index in [9.17, 15) is 4.39 Å². The average molecular weight is 504 g/mol. The number of halogens is 2. The summed E-state index contributed by atoms with van der Waals surface area (Å²) in [6.07, 6.45) is 6.23. The van der Waals surface area contributed by atoms with Crippen LogP contribution in [0.2, 0.25) is 0 Å². The second-order valence-corrected chi connectivity index (χ2v) is 6.74. The maximum atomic E-state index is 13.3. The molecule has 1 unspecified atom stereocenters. The van der Waals surface area contributed by atoms with Crippen LogP contribution in [0.25, 0.3) is 10.9 Å². The number of aliphatic imine (C=N–C) groups is 1. The third-order valence-corrected chi connectivity index (χ3v) is 4.73. The van der Waals surface area contributed by atoms with Crippen molar-refractivity contribution in [2.75, 3.05) is 40.0 Å². The van der Waals surface area contributed by atoms with E-state index in [0.717, 1.165) is 74.4 Å². The lowest BCUT2D eigenvalue weighted by atomic mass is 10.1. The molecule has 6 nitrogen and oxygen atoms in total. The lowest BCUT2D eigenvalue weighted by molar-refractivity contribution is 0.0168. The minimum atomic E-state index is -0.224. The maximum Gasteiger partial charge on any atom is 0.190 e. The number of rotatable bonds is 9. The van der Waals surface area contributed by atoms with E-state index in [1.165, 1.54) is 12.1 Å². The van der Waals surface area contributed by atoms with Crippen LogP contribution < -0.4 is 10.6 Å². The number of guanidine groups is 1. The molecule has 0 amide bonds. The van der Waals surface area contributed by atoms with Gasteiger partial charge in [-0.1, -0.05) is 0 Å². The van der Waals surface area contributed by atoms with Crippen molar-refractivity contribution >= 4 is 40.8 Å². The van der Waals surface area contributed by atoms with E-state index in [-0.39, 0.29) is 35.9 Å². The normalized spacial score (nSPS) is 16.9. The molecule has 1 atom stereocenters. The van der Waals surface area contributed by atoms with Gasteiger partial charge in [-0.15, -0.1) is 24.0 Å². The summed E-state index contributed by atoms with van der Waals surface area (Å²) in [5.74, 6) is 0.554. The molecule has 1 fully saturated rings. The first-order valence-electron chi connectivity index (χ1n) is 9.65. The standard InChI is InChI=1S/C20H29FN4O2.HI/c1-22-20(23-8-3-10-26-14-17-4-2-11-27-17)24-9-7-15-13-25-19-12-16(21)5-6-18(15)19;/h5-6,12-13,17,25H,2-4,7-11,14H2,1H3,(H2,22,23,24);1H. The van der Waals surface area contributed by atoms with E-state index >= 15 is 0 Å². The lowest BCUT2D eigenvalue weighted by Gasteiger charge is -2.13. The van der Waals surface area contributed by atoms with Gasteiger partial charge in [0.05, 0.1) is 12.7 Å². The van der Waals surface area contributed by atoms with Crippen LogP contribution in [-0.4, -0.2) is 57.0 Å². The molecule has 1 aromatic carbocycles. The van der Waals surface area contributed by atoms with Gasteiger partial charge in [0, 0.05) is 50.5 Å². The Hall–Kier alpha value is -1.39. The van der Waals surface area contributed by atoms with Gasteiger partial charge < -0.3 is 25.1 Å². The smallest absolute Gasteiger partial charge is 0.190 e. The molecule has 1 aliphatic rings. The van der Waals surface area contributed by atoms with Crippen molar-refractivity contribution < 1.29 is 13.9 Å². The van der Waals surface area contributed by atoms with Crippen molar-refractivity contribution in [1.82, 2.24) is 15.6 Å². The minimum Gasteiger partial charge on any atom is -0.379 e. The molecule has 0 saturated carbocycles. The molecule has 3 N–H and O–H groups in total. The number of aromatic nitrogens is 1. The Bertz CT molecular complexity index is 747. The molecule has 2 aromatic rings. The molecule has 28 heavy (non-hydrogen) atoms. The van der Waals surface area contributed by atoms with Crippen LogP contribution in [0, 0.1) is 5.82 Å². The zero-order valence-corrected chi connectivity index (χ0v) is 18.6. The molecule has 8 heteroatoms. The quantitative estimate of drug-likeness (QED) is 0.212. The van der Waals surface area contributed by atoms with E-state index in [1.807, 2.05) is 12.3 Å². The number of ether oxygens (including phenoxy) is 2. The second kappa shape index (κ2) is 12.2. The number of hydrogen-bond acceptors (Lipinski definition) is 3. The zero-order valence-electron chi connectivity index (χ0n) is 16.3. The number of fused-ring (bicyclic) bond motifs is 1. The summed E-state index contributed by atoms with van der Waals surface area (Å²) < 4.78 is 24.4. The largest absolute Gasteiger partial charge is 0.379 e. The fourth-order valence-corrected chi connectivity index (χ4v) is 3.27. The number of aromatic amines is 1. The third-order valence-electron chi connectivity index (χ3n) is 4.73. The van der Waals surface area contributed by atoms with Crippen molar-refractivity contribution in [2.45, 2.75) is 31.8 Å². The van der Waals surface area contributed by atoms with Crippen LogP contribution in [0.1, 0.15) is 24.8 Å². The second-order valence-electron chi connectivity index (χ2n) is 6.74. The predicted octanol–water partition coefficient (Wildman–Crippen LogP) is 3.22. The first-order valence-corrected chi connectivity index (χ1v) is 9.65. The Morgan fingerprint density at radius 3 is 3.00 bits per heavy atom. The van der Waals surface area contributed by atoms with Gasteiger partial charge in [0.1, 0.15) is 5.82 Å². The summed E-state index contributed by atoms with van der Waals surface area (Å²) >= 11 is 0. The van der Waals surface area contributed by atoms with Crippen LogP contribution in [0.4, 0.5) is 4.39 Å².